The molecule has 0 bridgehead atoms. The molecule has 0 spiro atoms. The Balaban J connectivity index is 2.54. The number of carbonyl (C=O) groups is 2. The van der Waals surface area contributed by atoms with Gasteiger partial charge in [-0.15, -0.1) is 0 Å². The fourth-order valence-corrected chi connectivity index (χ4v) is 1.32. The maximum absolute atomic E-state index is 11.8. The van der Waals surface area contributed by atoms with Crippen molar-refractivity contribution in [1.82, 2.24) is 5.32 Å². The maximum Gasteiger partial charge on any atom is 0.491 e. The summed E-state index contributed by atoms with van der Waals surface area (Å²) in [4.78, 5) is 21.4. The SMILES string of the molecule is C/C(=C\C(=O)OC(=O)C(F)(F)F)[C@@H]1CNCCO1. The average molecular weight is 267 g/mol. The number of ether oxygens (including phenoxy) is 2. The first-order valence-electron chi connectivity index (χ1n) is 5.14. The molecule has 1 aliphatic rings. The highest BCUT2D eigenvalue weighted by Gasteiger charge is 2.42. The minimum Gasteiger partial charge on any atom is -0.383 e. The van der Waals surface area contributed by atoms with E-state index in [1.54, 1.807) is 0 Å². The van der Waals surface area contributed by atoms with E-state index in [1.165, 1.54) is 6.92 Å². The number of rotatable bonds is 2. The molecule has 0 aromatic rings. The van der Waals surface area contributed by atoms with Crippen LogP contribution < -0.4 is 5.32 Å². The van der Waals surface area contributed by atoms with Gasteiger partial charge in [-0.3, -0.25) is 0 Å². The largest absolute Gasteiger partial charge is 0.491 e. The Labute approximate surface area is 101 Å². The molecule has 0 aromatic heterocycles. The third-order valence-corrected chi connectivity index (χ3v) is 2.21. The maximum atomic E-state index is 11.8. The second-order valence-corrected chi connectivity index (χ2v) is 3.66. The van der Waals surface area contributed by atoms with Crippen LogP contribution in [0.4, 0.5) is 13.2 Å². The van der Waals surface area contributed by atoms with Crippen molar-refractivity contribution in [2.45, 2.75) is 19.2 Å². The summed E-state index contributed by atoms with van der Waals surface area (Å²) in [5.41, 5.74) is 0.391. The molecular formula is C10H12F3NO4. The van der Waals surface area contributed by atoms with E-state index in [9.17, 15) is 22.8 Å². The molecule has 0 aliphatic carbocycles. The van der Waals surface area contributed by atoms with Crippen molar-refractivity contribution in [3.8, 4) is 0 Å². The number of halogens is 3. The Hall–Kier alpha value is -1.41. The highest BCUT2D eigenvalue weighted by atomic mass is 19.4. The fourth-order valence-electron chi connectivity index (χ4n) is 1.32. The van der Waals surface area contributed by atoms with Gasteiger partial charge in [0, 0.05) is 19.2 Å². The van der Waals surface area contributed by atoms with E-state index in [-0.39, 0.29) is 0 Å². The van der Waals surface area contributed by atoms with Crippen molar-refractivity contribution in [1.29, 1.82) is 0 Å². The molecule has 1 N–H and O–H groups in total. The van der Waals surface area contributed by atoms with E-state index in [2.05, 4.69) is 10.1 Å². The van der Waals surface area contributed by atoms with Crippen LogP contribution >= 0.6 is 0 Å². The summed E-state index contributed by atoms with van der Waals surface area (Å²) in [6.45, 7) is 3.06. The molecule has 8 heteroatoms. The number of morpholine rings is 1. The number of carbonyl (C=O) groups excluding carboxylic acids is 2. The lowest BCUT2D eigenvalue weighted by Crippen LogP contribution is -2.39. The summed E-state index contributed by atoms with van der Waals surface area (Å²) in [6, 6.07) is 0. The normalized spacial score (nSPS) is 21.6. The van der Waals surface area contributed by atoms with Crippen LogP contribution in [0, 0.1) is 0 Å². The van der Waals surface area contributed by atoms with Gasteiger partial charge in [-0.1, -0.05) is 0 Å². The standard InChI is InChI=1S/C10H12F3NO4/c1-6(7-5-14-2-3-17-7)4-8(15)18-9(16)10(11,12)13/h4,7,14H,2-3,5H2,1H3/b6-4+/t7-/m0/s1. The van der Waals surface area contributed by atoms with Gasteiger partial charge in [0.15, 0.2) is 0 Å². The minimum absolute atomic E-state index is 0.391. The van der Waals surface area contributed by atoms with Crippen LogP contribution in [0.3, 0.4) is 0 Å². The topological polar surface area (TPSA) is 64.6 Å². The summed E-state index contributed by atoms with van der Waals surface area (Å²) < 4.78 is 44.3. The smallest absolute Gasteiger partial charge is 0.383 e. The van der Waals surface area contributed by atoms with Gasteiger partial charge in [-0.2, -0.15) is 13.2 Å². The van der Waals surface area contributed by atoms with Gasteiger partial charge in [0.2, 0.25) is 0 Å². The lowest BCUT2D eigenvalue weighted by molar-refractivity contribution is -0.200. The van der Waals surface area contributed by atoms with Crippen LogP contribution in [0.1, 0.15) is 6.92 Å². The van der Waals surface area contributed by atoms with Gasteiger partial charge in [-0.05, 0) is 12.5 Å². The first-order valence-corrected chi connectivity index (χ1v) is 5.14. The Morgan fingerprint density at radius 1 is 1.44 bits per heavy atom. The first kappa shape index (κ1) is 14.7. The molecule has 102 valence electrons. The third-order valence-electron chi connectivity index (χ3n) is 2.21. The average Bonchev–Trinajstić information content (AvgIpc) is 2.28. The quantitative estimate of drug-likeness (QED) is 0.450. The van der Waals surface area contributed by atoms with Crippen molar-refractivity contribution in [3.05, 3.63) is 11.6 Å². The molecule has 1 heterocycles. The molecular weight excluding hydrogens is 255 g/mol. The Morgan fingerprint density at radius 3 is 2.61 bits per heavy atom. The molecule has 0 aromatic carbocycles. The molecule has 0 radical (unpaired) electrons. The zero-order valence-corrected chi connectivity index (χ0v) is 9.54. The summed E-state index contributed by atoms with van der Waals surface area (Å²) in [6.07, 6.45) is -4.77. The second kappa shape index (κ2) is 5.96. The summed E-state index contributed by atoms with van der Waals surface area (Å²) in [5.74, 6) is -3.89. The number of esters is 2. The first-order chi connectivity index (χ1) is 8.30. The van der Waals surface area contributed by atoms with Crippen molar-refractivity contribution in [3.63, 3.8) is 0 Å². The number of hydrogen-bond acceptors (Lipinski definition) is 5. The highest BCUT2D eigenvalue weighted by molar-refractivity contribution is 5.94. The van der Waals surface area contributed by atoms with Gasteiger partial charge < -0.3 is 14.8 Å². The molecule has 0 amide bonds. The molecule has 18 heavy (non-hydrogen) atoms. The monoisotopic (exact) mass is 267 g/mol. The molecule has 1 atom stereocenters. The second-order valence-electron chi connectivity index (χ2n) is 3.66. The molecule has 0 saturated carbocycles. The van der Waals surface area contributed by atoms with Crippen molar-refractivity contribution < 1.29 is 32.2 Å². The number of nitrogens with one attached hydrogen (secondary N) is 1. The highest BCUT2D eigenvalue weighted by Crippen LogP contribution is 2.17. The van der Waals surface area contributed by atoms with Crippen LogP contribution in [0.25, 0.3) is 0 Å². The van der Waals surface area contributed by atoms with E-state index in [0.717, 1.165) is 6.08 Å². The molecule has 1 aliphatic heterocycles. The Kier molecular flexibility index (Phi) is 4.85. The van der Waals surface area contributed by atoms with Gasteiger partial charge in [-0.25, -0.2) is 9.59 Å². The minimum atomic E-state index is -5.18. The lowest BCUT2D eigenvalue weighted by atomic mass is 10.1. The molecule has 1 fully saturated rings. The number of alkyl halides is 3. The molecule has 1 saturated heterocycles. The molecule has 5 nitrogen and oxygen atoms in total. The number of hydrogen-bond donors (Lipinski definition) is 1. The van der Waals surface area contributed by atoms with Crippen LogP contribution in [0.2, 0.25) is 0 Å². The zero-order chi connectivity index (χ0) is 13.8. The van der Waals surface area contributed by atoms with Crippen LogP contribution in [0.5, 0.6) is 0 Å². The predicted octanol–water partition coefficient (Wildman–Crippen LogP) is 0.553. The lowest BCUT2D eigenvalue weighted by Gasteiger charge is -2.24. The van der Waals surface area contributed by atoms with Crippen LogP contribution in [-0.4, -0.2) is 43.9 Å². The Morgan fingerprint density at radius 2 is 2.11 bits per heavy atom. The summed E-state index contributed by atoms with van der Waals surface area (Å²) in [5, 5.41) is 2.99. The van der Waals surface area contributed by atoms with E-state index >= 15 is 0 Å². The van der Waals surface area contributed by atoms with Gasteiger partial charge in [0.25, 0.3) is 0 Å². The van der Waals surface area contributed by atoms with Crippen LogP contribution in [-0.2, 0) is 19.1 Å². The van der Waals surface area contributed by atoms with E-state index in [4.69, 9.17) is 4.74 Å². The molecule has 0 unspecified atom stereocenters. The van der Waals surface area contributed by atoms with Gasteiger partial charge in [0.05, 0.1) is 12.7 Å². The van der Waals surface area contributed by atoms with Crippen molar-refractivity contribution in [2.75, 3.05) is 19.7 Å². The van der Waals surface area contributed by atoms with E-state index in [1.807, 2.05) is 0 Å². The van der Waals surface area contributed by atoms with E-state index in [0.29, 0.717) is 25.3 Å². The van der Waals surface area contributed by atoms with E-state index < -0.39 is 24.2 Å². The van der Waals surface area contributed by atoms with Crippen LogP contribution in [0.15, 0.2) is 11.6 Å². The van der Waals surface area contributed by atoms with Crippen molar-refractivity contribution in [2.24, 2.45) is 0 Å². The fraction of sp³-hybridized carbons (Fsp3) is 0.600. The van der Waals surface area contributed by atoms with Gasteiger partial charge >= 0.3 is 18.1 Å². The van der Waals surface area contributed by atoms with Gasteiger partial charge in [0.1, 0.15) is 0 Å². The Bertz CT molecular complexity index is 359. The zero-order valence-electron chi connectivity index (χ0n) is 9.54. The van der Waals surface area contributed by atoms with Crippen molar-refractivity contribution >= 4 is 11.9 Å². The molecule has 1 rings (SSSR count). The third kappa shape index (κ3) is 4.46. The summed E-state index contributed by atoms with van der Waals surface area (Å²) >= 11 is 0. The predicted molar refractivity (Wildman–Crippen MR) is 53.5 cm³/mol. The summed E-state index contributed by atoms with van der Waals surface area (Å²) in [7, 11) is 0.